The first-order valence-electron chi connectivity index (χ1n) is 10.7. The minimum atomic E-state index is -3.84. The number of carbonyl (C=O) groups is 2. The molecule has 8 nitrogen and oxygen atoms in total. The summed E-state index contributed by atoms with van der Waals surface area (Å²) in [6.45, 7) is 2.10. The molecule has 2 unspecified atom stereocenters. The van der Waals surface area contributed by atoms with Crippen LogP contribution in [-0.2, 0) is 26.2 Å². The van der Waals surface area contributed by atoms with E-state index in [1.54, 1.807) is 20.1 Å². The third kappa shape index (κ3) is 6.08. The van der Waals surface area contributed by atoms with Gasteiger partial charge in [-0.2, -0.15) is 4.31 Å². The Morgan fingerprint density at radius 1 is 1.18 bits per heavy atom. The molecule has 0 aliphatic carbocycles. The summed E-state index contributed by atoms with van der Waals surface area (Å²) in [5.41, 5.74) is 0.806. The van der Waals surface area contributed by atoms with Crippen LogP contribution in [0.15, 0.2) is 53.4 Å². The molecule has 2 atom stereocenters. The van der Waals surface area contributed by atoms with Crippen molar-refractivity contribution < 1.29 is 27.1 Å². The predicted octanol–water partition coefficient (Wildman–Crippen LogP) is 2.06. The van der Waals surface area contributed by atoms with Gasteiger partial charge in [0.1, 0.15) is 17.6 Å². The van der Waals surface area contributed by atoms with Gasteiger partial charge in [0.15, 0.2) is 0 Å². The summed E-state index contributed by atoms with van der Waals surface area (Å²) in [6.07, 6.45) is 1.02. The smallest absolute Gasteiger partial charge is 0.243 e. The number of rotatable bonds is 8. The van der Waals surface area contributed by atoms with Crippen molar-refractivity contribution in [1.29, 1.82) is 0 Å². The zero-order valence-electron chi connectivity index (χ0n) is 18.6. The topological polar surface area (TPSA) is 105 Å². The zero-order valence-corrected chi connectivity index (χ0v) is 19.4. The molecule has 10 heteroatoms. The van der Waals surface area contributed by atoms with Gasteiger partial charge >= 0.3 is 0 Å². The number of halogens is 1. The van der Waals surface area contributed by atoms with Gasteiger partial charge in [-0.1, -0.05) is 18.2 Å². The molecule has 1 fully saturated rings. The van der Waals surface area contributed by atoms with E-state index in [-0.39, 0.29) is 36.3 Å². The van der Waals surface area contributed by atoms with E-state index in [1.807, 2.05) is 18.2 Å². The molecule has 0 radical (unpaired) electrons. The normalized spacial score (nSPS) is 17.7. The molecule has 3 rings (SSSR count). The van der Waals surface area contributed by atoms with E-state index in [1.165, 1.54) is 16.4 Å². The van der Waals surface area contributed by atoms with E-state index in [9.17, 15) is 22.4 Å². The van der Waals surface area contributed by atoms with Crippen LogP contribution < -0.4 is 15.4 Å². The average Bonchev–Trinajstić information content (AvgIpc) is 2.82. The first-order valence-corrected chi connectivity index (χ1v) is 12.1. The predicted molar refractivity (Wildman–Crippen MR) is 120 cm³/mol. The van der Waals surface area contributed by atoms with E-state index >= 15 is 0 Å². The Balaban J connectivity index is 1.56. The first kappa shape index (κ1) is 24.7. The highest BCUT2D eigenvalue weighted by atomic mass is 32.2. The van der Waals surface area contributed by atoms with Gasteiger partial charge in [-0.05, 0) is 50.1 Å². The maximum Gasteiger partial charge on any atom is 0.243 e. The van der Waals surface area contributed by atoms with Crippen molar-refractivity contribution in [3.63, 3.8) is 0 Å². The van der Waals surface area contributed by atoms with Crippen molar-refractivity contribution in [1.82, 2.24) is 14.9 Å². The molecule has 33 heavy (non-hydrogen) atoms. The van der Waals surface area contributed by atoms with Gasteiger partial charge in [-0.25, -0.2) is 12.8 Å². The molecule has 1 saturated heterocycles. The number of benzene rings is 2. The molecule has 178 valence electrons. The fourth-order valence-electron chi connectivity index (χ4n) is 3.71. The number of ether oxygens (including phenoxy) is 1. The number of hydrogen-bond donors (Lipinski definition) is 2. The largest absolute Gasteiger partial charge is 0.496 e. The molecule has 2 amide bonds. The Bertz CT molecular complexity index is 1090. The van der Waals surface area contributed by atoms with Gasteiger partial charge in [0, 0.05) is 25.2 Å². The molecule has 1 heterocycles. The Kier molecular flexibility index (Phi) is 8.04. The molecule has 0 bridgehead atoms. The van der Waals surface area contributed by atoms with E-state index in [0.29, 0.717) is 18.6 Å². The number of amides is 2. The van der Waals surface area contributed by atoms with Crippen LogP contribution in [0.4, 0.5) is 4.39 Å². The molecular weight excluding hydrogens is 449 g/mol. The minimum Gasteiger partial charge on any atom is -0.496 e. The maximum absolute atomic E-state index is 13.2. The van der Waals surface area contributed by atoms with Crippen LogP contribution in [0.1, 0.15) is 25.3 Å². The quantitative estimate of drug-likeness (QED) is 0.606. The average molecular weight is 478 g/mol. The van der Waals surface area contributed by atoms with E-state index in [0.717, 1.165) is 17.7 Å². The van der Waals surface area contributed by atoms with Crippen molar-refractivity contribution >= 4 is 21.8 Å². The second-order valence-corrected chi connectivity index (χ2v) is 9.85. The maximum atomic E-state index is 13.2. The highest BCUT2D eigenvalue weighted by molar-refractivity contribution is 7.89. The molecule has 1 aliphatic heterocycles. The van der Waals surface area contributed by atoms with Crippen molar-refractivity contribution in [2.75, 3.05) is 20.2 Å². The number of nitrogens with zero attached hydrogens (tertiary/aromatic N) is 1. The summed E-state index contributed by atoms with van der Waals surface area (Å²) < 4.78 is 45.4. The summed E-state index contributed by atoms with van der Waals surface area (Å²) in [5, 5.41) is 5.45. The molecule has 0 aromatic heterocycles. The van der Waals surface area contributed by atoms with Gasteiger partial charge in [0.2, 0.25) is 21.8 Å². The molecule has 2 aromatic rings. The molecule has 0 saturated carbocycles. The summed E-state index contributed by atoms with van der Waals surface area (Å²) in [4.78, 5) is 25.2. The number of piperidine rings is 1. The van der Waals surface area contributed by atoms with Crippen LogP contribution in [0.25, 0.3) is 0 Å². The highest BCUT2D eigenvalue weighted by Gasteiger charge is 2.34. The standard InChI is InChI=1S/C23H28FN3O5S/c1-16(22(28)25-14-17-6-3-4-8-21(17)32-2)26-23(29)18-7-5-13-27(15-18)33(30,31)20-11-9-19(24)10-12-20/h3-4,6,8-12,16,18H,5,7,13-15H2,1-2H3,(H,25,28)(H,26,29). The lowest BCUT2D eigenvalue weighted by Crippen LogP contribution is -2.50. The SMILES string of the molecule is COc1ccccc1CNC(=O)C(C)NC(=O)C1CCCN(S(=O)(=O)c2ccc(F)cc2)C1. The van der Waals surface area contributed by atoms with Crippen LogP contribution in [0.3, 0.4) is 0 Å². The van der Waals surface area contributed by atoms with Crippen LogP contribution in [0.5, 0.6) is 5.75 Å². The Morgan fingerprint density at radius 2 is 1.88 bits per heavy atom. The van der Waals surface area contributed by atoms with Gasteiger partial charge in [0.05, 0.1) is 17.9 Å². The monoisotopic (exact) mass is 477 g/mol. The van der Waals surface area contributed by atoms with Gasteiger partial charge in [-0.3, -0.25) is 9.59 Å². The third-order valence-corrected chi connectivity index (χ3v) is 7.48. The molecular formula is C23H28FN3O5S. The summed E-state index contributed by atoms with van der Waals surface area (Å²) in [7, 11) is -2.29. The second-order valence-electron chi connectivity index (χ2n) is 7.92. The summed E-state index contributed by atoms with van der Waals surface area (Å²) in [5.74, 6) is -1.20. The Hall–Kier alpha value is -2.98. The fraction of sp³-hybridized carbons (Fsp3) is 0.391. The van der Waals surface area contributed by atoms with Crippen molar-refractivity contribution in [3.8, 4) is 5.75 Å². The highest BCUT2D eigenvalue weighted by Crippen LogP contribution is 2.24. The van der Waals surface area contributed by atoms with Crippen LogP contribution >= 0.6 is 0 Å². The number of nitrogens with one attached hydrogen (secondary N) is 2. The van der Waals surface area contributed by atoms with E-state index in [2.05, 4.69) is 10.6 Å². The van der Waals surface area contributed by atoms with Crippen molar-refractivity contribution in [3.05, 3.63) is 59.9 Å². The Labute approximate surface area is 193 Å². The van der Waals surface area contributed by atoms with Crippen LogP contribution in [-0.4, -0.2) is 50.8 Å². The molecule has 1 aliphatic rings. The number of methoxy groups -OCH3 is 1. The lowest BCUT2D eigenvalue weighted by Gasteiger charge is -2.31. The van der Waals surface area contributed by atoms with Crippen molar-refractivity contribution in [2.24, 2.45) is 5.92 Å². The van der Waals surface area contributed by atoms with Gasteiger partial charge < -0.3 is 15.4 Å². The molecule has 2 aromatic carbocycles. The van der Waals surface area contributed by atoms with Gasteiger partial charge in [0.25, 0.3) is 0 Å². The Morgan fingerprint density at radius 3 is 2.58 bits per heavy atom. The van der Waals surface area contributed by atoms with Crippen molar-refractivity contribution in [2.45, 2.75) is 37.2 Å². The molecule has 2 N–H and O–H groups in total. The van der Waals surface area contributed by atoms with Crippen LogP contribution in [0.2, 0.25) is 0 Å². The van der Waals surface area contributed by atoms with Crippen LogP contribution in [0, 0.1) is 11.7 Å². The number of hydrogen-bond acceptors (Lipinski definition) is 5. The lowest BCUT2D eigenvalue weighted by molar-refractivity contribution is -0.131. The number of sulfonamides is 1. The first-order chi connectivity index (χ1) is 15.7. The number of carbonyl (C=O) groups excluding carboxylic acids is 2. The zero-order chi connectivity index (χ0) is 24.0. The molecule has 0 spiro atoms. The fourth-order valence-corrected chi connectivity index (χ4v) is 5.24. The minimum absolute atomic E-state index is 0.00109. The third-order valence-electron chi connectivity index (χ3n) is 5.60. The van der Waals surface area contributed by atoms with E-state index in [4.69, 9.17) is 4.74 Å². The summed E-state index contributed by atoms with van der Waals surface area (Å²) in [6, 6.07) is 11.1. The second kappa shape index (κ2) is 10.8. The van der Waals surface area contributed by atoms with E-state index < -0.39 is 27.8 Å². The van der Waals surface area contributed by atoms with Gasteiger partial charge in [-0.15, -0.1) is 0 Å². The summed E-state index contributed by atoms with van der Waals surface area (Å²) >= 11 is 0. The number of para-hydroxylation sites is 1. The lowest BCUT2D eigenvalue weighted by atomic mass is 9.98.